The number of carbonyl (C=O) groups is 2. The molecule has 2 aromatic rings. The van der Waals surface area contributed by atoms with E-state index < -0.39 is 0 Å². The second-order valence-corrected chi connectivity index (χ2v) is 6.92. The third kappa shape index (κ3) is 4.60. The van der Waals surface area contributed by atoms with Crippen LogP contribution in [-0.2, 0) is 0 Å². The van der Waals surface area contributed by atoms with Crippen molar-refractivity contribution in [2.45, 2.75) is 19.9 Å². The second-order valence-electron chi connectivity index (χ2n) is 6.92. The van der Waals surface area contributed by atoms with Gasteiger partial charge in [-0.15, -0.1) is 0 Å². The minimum absolute atomic E-state index is 0.0435. The number of amides is 3. The first-order valence-electron chi connectivity index (χ1n) is 9.39. The summed E-state index contributed by atoms with van der Waals surface area (Å²) in [5.74, 6) is 0.613. The molecule has 0 radical (unpaired) electrons. The summed E-state index contributed by atoms with van der Waals surface area (Å²) >= 11 is 0. The maximum Gasteiger partial charge on any atom is 0.317 e. The molecule has 2 heterocycles. The molecule has 0 saturated carbocycles. The zero-order valence-electron chi connectivity index (χ0n) is 16.5. The predicted molar refractivity (Wildman–Crippen MR) is 106 cm³/mol. The Morgan fingerprint density at radius 3 is 2.46 bits per heavy atom. The molecule has 0 spiro atoms. The number of nitrogens with one attached hydrogen (secondary N) is 1. The van der Waals surface area contributed by atoms with Crippen LogP contribution >= 0.6 is 0 Å². The van der Waals surface area contributed by atoms with Gasteiger partial charge < -0.3 is 19.9 Å². The predicted octanol–water partition coefficient (Wildman–Crippen LogP) is 2.63. The highest BCUT2D eigenvalue weighted by Gasteiger charge is 2.25. The number of rotatable bonds is 4. The molecule has 1 aliphatic heterocycles. The first kappa shape index (κ1) is 19.7. The lowest BCUT2D eigenvalue weighted by Crippen LogP contribution is -2.53. The third-order valence-electron chi connectivity index (χ3n) is 4.95. The fourth-order valence-electron chi connectivity index (χ4n) is 3.15. The van der Waals surface area contributed by atoms with Crippen LogP contribution in [-0.4, -0.2) is 60.0 Å². The summed E-state index contributed by atoms with van der Waals surface area (Å²) in [6.45, 7) is 5.88. The van der Waals surface area contributed by atoms with Crippen LogP contribution in [0.3, 0.4) is 0 Å². The molecule has 1 saturated heterocycles. The van der Waals surface area contributed by atoms with Crippen molar-refractivity contribution in [1.29, 1.82) is 0 Å². The van der Waals surface area contributed by atoms with E-state index >= 15 is 0 Å². The fraction of sp³-hybridized carbons (Fsp3) is 0.381. The Hall–Kier alpha value is -3.09. The third-order valence-corrected chi connectivity index (χ3v) is 4.95. The summed E-state index contributed by atoms with van der Waals surface area (Å²) < 4.78 is 5.18. The van der Waals surface area contributed by atoms with Gasteiger partial charge >= 0.3 is 6.03 Å². The molecule has 1 aromatic heterocycles. The van der Waals surface area contributed by atoms with Gasteiger partial charge in [0.1, 0.15) is 5.75 Å². The van der Waals surface area contributed by atoms with Crippen LogP contribution in [0.5, 0.6) is 5.75 Å². The smallest absolute Gasteiger partial charge is 0.317 e. The van der Waals surface area contributed by atoms with Crippen molar-refractivity contribution in [3.8, 4) is 5.75 Å². The van der Waals surface area contributed by atoms with Crippen molar-refractivity contribution in [3.05, 3.63) is 59.4 Å². The summed E-state index contributed by atoms with van der Waals surface area (Å²) in [6.07, 6.45) is 1.78. The highest BCUT2D eigenvalue weighted by Crippen LogP contribution is 2.16. The number of aromatic nitrogens is 1. The molecule has 0 bridgehead atoms. The number of benzene rings is 1. The Morgan fingerprint density at radius 1 is 1.11 bits per heavy atom. The van der Waals surface area contributed by atoms with Gasteiger partial charge in [-0.2, -0.15) is 0 Å². The molecule has 7 heteroatoms. The molecule has 1 aliphatic rings. The normalized spacial score (nSPS) is 15.1. The number of urea groups is 1. The molecule has 148 valence electrons. The zero-order valence-corrected chi connectivity index (χ0v) is 16.5. The summed E-state index contributed by atoms with van der Waals surface area (Å²) in [4.78, 5) is 33.0. The van der Waals surface area contributed by atoms with E-state index in [1.807, 2.05) is 32.0 Å². The van der Waals surface area contributed by atoms with Gasteiger partial charge in [-0.3, -0.25) is 9.78 Å². The highest BCUT2D eigenvalue weighted by molar-refractivity contribution is 5.94. The van der Waals surface area contributed by atoms with Gasteiger partial charge in [-0.05, 0) is 43.7 Å². The van der Waals surface area contributed by atoms with Crippen LogP contribution in [0.25, 0.3) is 0 Å². The Kier molecular flexibility index (Phi) is 6.13. The average Bonchev–Trinajstić information content (AvgIpc) is 2.73. The molecule has 0 aliphatic carbocycles. The molecular formula is C21H26N4O3. The Bertz CT molecular complexity index is 830. The van der Waals surface area contributed by atoms with E-state index in [2.05, 4.69) is 10.3 Å². The van der Waals surface area contributed by atoms with Gasteiger partial charge in [0.15, 0.2) is 0 Å². The van der Waals surface area contributed by atoms with E-state index in [-0.39, 0.29) is 18.0 Å². The minimum atomic E-state index is -0.128. The van der Waals surface area contributed by atoms with Crippen LogP contribution < -0.4 is 10.1 Å². The molecule has 7 nitrogen and oxygen atoms in total. The number of ether oxygens (including phenoxy) is 1. The number of hydrogen-bond donors (Lipinski definition) is 1. The lowest BCUT2D eigenvalue weighted by Gasteiger charge is -2.35. The van der Waals surface area contributed by atoms with E-state index in [0.29, 0.717) is 37.5 Å². The Morgan fingerprint density at radius 2 is 1.82 bits per heavy atom. The number of carbonyl (C=O) groups excluding carboxylic acids is 2. The SMILES string of the molecule is COc1cccc(C(=O)N2CCN(C(=O)N[C@@H](C)c3ccc(C)nc3)CC2)c1. The van der Waals surface area contributed by atoms with Gasteiger partial charge in [0.05, 0.1) is 13.2 Å². The van der Waals surface area contributed by atoms with Gasteiger partial charge in [0, 0.05) is 43.6 Å². The van der Waals surface area contributed by atoms with Gasteiger partial charge in [-0.25, -0.2) is 4.79 Å². The summed E-state index contributed by atoms with van der Waals surface area (Å²) in [6, 6.07) is 10.8. The van der Waals surface area contributed by atoms with Crippen molar-refractivity contribution in [2.75, 3.05) is 33.3 Å². The van der Waals surface area contributed by atoms with Gasteiger partial charge in [-0.1, -0.05) is 12.1 Å². The number of hydrogen-bond acceptors (Lipinski definition) is 4. The van der Waals surface area contributed by atoms with E-state index in [1.54, 1.807) is 41.3 Å². The number of nitrogens with zero attached hydrogens (tertiary/aromatic N) is 3. The van der Waals surface area contributed by atoms with Crippen LogP contribution in [0, 0.1) is 6.92 Å². The zero-order chi connectivity index (χ0) is 20.1. The van der Waals surface area contributed by atoms with Crippen LogP contribution in [0.1, 0.15) is 34.6 Å². The molecule has 0 unspecified atom stereocenters. The molecular weight excluding hydrogens is 356 g/mol. The molecule has 1 atom stereocenters. The molecule has 3 amide bonds. The van der Waals surface area contributed by atoms with Crippen molar-refractivity contribution in [3.63, 3.8) is 0 Å². The monoisotopic (exact) mass is 382 g/mol. The summed E-state index contributed by atoms with van der Waals surface area (Å²) in [7, 11) is 1.58. The van der Waals surface area contributed by atoms with E-state index in [4.69, 9.17) is 4.74 Å². The van der Waals surface area contributed by atoms with Crippen molar-refractivity contribution < 1.29 is 14.3 Å². The number of methoxy groups -OCH3 is 1. The first-order chi connectivity index (χ1) is 13.5. The van der Waals surface area contributed by atoms with Gasteiger partial charge in [0.25, 0.3) is 5.91 Å². The van der Waals surface area contributed by atoms with E-state index in [0.717, 1.165) is 11.3 Å². The number of aryl methyl sites for hydroxylation is 1. The maximum absolute atomic E-state index is 12.7. The largest absolute Gasteiger partial charge is 0.497 e. The number of pyridine rings is 1. The maximum atomic E-state index is 12.7. The van der Waals surface area contributed by atoms with Gasteiger partial charge in [0.2, 0.25) is 0 Å². The standard InChI is InChI=1S/C21H26N4O3/c1-15-7-8-18(14-22-15)16(2)23-21(27)25-11-9-24(10-12-25)20(26)17-5-4-6-19(13-17)28-3/h4-8,13-14,16H,9-12H2,1-3H3,(H,23,27)/t16-/m0/s1. The lowest BCUT2D eigenvalue weighted by atomic mass is 10.1. The Labute approximate surface area is 165 Å². The summed E-state index contributed by atoms with van der Waals surface area (Å²) in [5.41, 5.74) is 2.50. The molecule has 1 fully saturated rings. The molecule has 3 rings (SSSR count). The van der Waals surface area contributed by atoms with Crippen LogP contribution in [0.2, 0.25) is 0 Å². The minimum Gasteiger partial charge on any atom is -0.497 e. The highest BCUT2D eigenvalue weighted by atomic mass is 16.5. The molecule has 1 aromatic carbocycles. The van der Waals surface area contributed by atoms with E-state index in [9.17, 15) is 9.59 Å². The quantitative estimate of drug-likeness (QED) is 0.882. The molecule has 1 N–H and O–H groups in total. The van der Waals surface area contributed by atoms with Crippen LogP contribution in [0.4, 0.5) is 4.79 Å². The van der Waals surface area contributed by atoms with Crippen molar-refractivity contribution in [2.24, 2.45) is 0 Å². The second kappa shape index (κ2) is 8.73. The Balaban J connectivity index is 1.53. The number of piperazine rings is 1. The van der Waals surface area contributed by atoms with Crippen LogP contribution in [0.15, 0.2) is 42.6 Å². The summed E-state index contributed by atoms with van der Waals surface area (Å²) in [5, 5.41) is 3.00. The molecule has 28 heavy (non-hydrogen) atoms. The van der Waals surface area contributed by atoms with E-state index in [1.165, 1.54) is 0 Å². The topological polar surface area (TPSA) is 74.8 Å². The average molecular weight is 382 g/mol. The lowest BCUT2D eigenvalue weighted by molar-refractivity contribution is 0.0663. The fourth-order valence-corrected chi connectivity index (χ4v) is 3.15. The van der Waals surface area contributed by atoms with Crippen molar-refractivity contribution in [1.82, 2.24) is 20.1 Å². The first-order valence-corrected chi connectivity index (χ1v) is 9.39. The van der Waals surface area contributed by atoms with Crippen molar-refractivity contribution >= 4 is 11.9 Å².